The Morgan fingerprint density at radius 2 is 2.04 bits per heavy atom. The van der Waals surface area contributed by atoms with Crippen LogP contribution < -0.4 is 5.32 Å². The number of benzene rings is 1. The van der Waals surface area contributed by atoms with Crippen molar-refractivity contribution in [2.75, 3.05) is 19.6 Å². The molecule has 1 aliphatic carbocycles. The second kappa shape index (κ2) is 9.40. The normalized spacial score (nSPS) is 21.6. The third kappa shape index (κ3) is 5.86. The van der Waals surface area contributed by atoms with Gasteiger partial charge in [-0.2, -0.15) is 0 Å². The van der Waals surface area contributed by atoms with Crippen LogP contribution in [0, 0.1) is 5.92 Å². The molecular weight excluding hydrogens is 332 g/mol. The van der Waals surface area contributed by atoms with E-state index < -0.39 is 0 Å². The number of allylic oxidation sites excluding steroid dienone is 1. The fourth-order valence-electron chi connectivity index (χ4n) is 3.88. The number of hydrogen-bond donors (Lipinski definition) is 1. The summed E-state index contributed by atoms with van der Waals surface area (Å²) in [7, 11) is 0. The quantitative estimate of drug-likeness (QED) is 0.754. The lowest BCUT2D eigenvalue weighted by Crippen LogP contribution is -2.42. The van der Waals surface area contributed by atoms with Crippen LogP contribution in [-0.4, -0.2) is 30.4 Å². The summed E-state index contributed by atoms with van der Waals surface area (Å²) in [6.07, 6.45) is 10.5. The molecule has 0 spiro atoms. The Morgan fingerprint density at radius 1 is 1.20 bits per heavy atom. The second-order valence-electron chi connectivity index (χ2n) is 7.35. The first-order chi connectivity index (χ1) is 12.2. The Labute approximate surface area is 156 Å². The summed E-state index contributed by atoms with van der Waals surface area (Å²) in [5, 5.41) is 3.94. The van der Waals surface area contributed by atoms with Gasteiger partial charge in [0, 0.05) is 24.7 Å². The highest BCUT2D eigenvalue weighted by atomic mass is 35.5. The molecule has 1 heterocycles. The molecule has 3 rings (SSSR count). The Hall–Kier alpha value is -1.32. The third-order valence-electron chi connectivity index (χ3n) is 5.33. The SMILES string of the molecule is O=C(NCCC1=CCCCC1)[C@H]1CCCN(Cc2ccc(Cl)cc2)C1. The topological polar surface area (TPSA) is 32.3 Å². The summed E-state index contributed by atoms with van der Waals surface area (Å²) >= 11 is 5.95. The van der Waals surface area contributed by atoms with Crippen LogP contribution in [0.3, 0.4) is 0 Å². The minimum absolute atomic E-state index is 0.126. The molecule has 136 valence electrons. The van der Waals surface area contributed by atoms with Gasteiger partial charge in [-0.3, -0.25) is 9.69 Å². The largest absolute Gasteiger partial charge is 0.356 e. The maximum Gasteiger partial charge on any atom is 0.224 e. The number of hydrogen-bond acceptors (Lipinski definition) is 2. The van der Waals surface area contributed by atoms with Gasteiger partial charge in [-0.1, -0.05) is 35.4 Å². The van der Waals surface area contributed by atoms with Gasteiger partial charge in [0.25, 0.3) is 0 Å². The Morgan fingerprint density at radius 3 is 2.80 bits per heavy atom. The van der Waals surface area contributed by atoms with E-state index in [4.69, 9.17) is 11.6 Å². The number of amides is 1. The molecule has 1 fully saturated rings. The highest BCUT2D eigenvalue weighted by molar-refractivity contribution is 6.30. The lowest BCUT2D eigenvalue weighted by molar-refractivity contribution is -0.126. The zero-order valence-corrected chi connectivity index (χ0v) is 15.7. The lowest BCUT2D eigenvalue weighted by Gasteiger charge is -2.32. The number of likely N-dealkylation sites (tertiary alicyclic amines) is 1. The summed E-state index contributed by atoms with van der Waals surface area (Å²) in [5.74, 6) is 0.360. The van der Waals surface area contributed by atoms with Crippen LogP contribution in [0.1, 0.15) is 50.5 Å². The Kier molecular flexibility index (Phi) is 6.94. The maximum atomic E-state index is 12.5. The first-order valence-electron chi connectivity index (χ1n) is 9.63. The molecule has 2 aliphatic rings. The van der Waals surface area contributed by atoms with E-state index in [1.54, 1.807) is 0 Å². The number of carbonyl (C=O) groups is 1. The minimum atomic E-state index is 0.126. The second-order valence-corrected chi connectivity index (χ2v) is 7.79. The molecule has 1 aromatic rings. The van der Waals surface area contributed by atoms with Crippen molar-refractivity contribution in [3.8, 4) is 0 Å². The van der Waals surface area contributed by atoms with Crippen LogP contribution >= 0.6 is 11.6 Å². The van der Waals surface area contributed by atoms with E-state index >= 15 is 0 Å². The van der Waals surface area contributed by atoms with E-state index in [0.29, 0.717) is 0 Å². The van der Waals surface area contributed by atoms with Gasteiger partial charge >= 0.3 is 0 Å². The molecule has 25 heavy (non-hydrogen) atoms. The average Bonchev–Trinajstić information content (AvgIpc) is 2.65. The highest BCUT2D eigenvalue weighted by Crippen LogP contribution is 2.21. The van der Waals surface area contributed by atoms with E-state index in [9.17, 15) is 4.79 Å². The first-order valence-corrected chi connectivity index (χ1v) is 10.0. The van der Waals surface area contributed by atoms with Gasteiger partial charge in [0.2, 0.25) is 5.91 Å². The van der Waals surface area contributed by atoms with Gasteiger partial charge < -0.3 is 5.32 Å². The fraction of sp³-hybridized carbons (Fsp3) is 0.571. The monoisotopic (exact) mass is 360 g/mol. The molecule has 1 atom stereocenters. The average molecular weight is 361 g/mol. The molecule has 1 N–H and O–H groups in total. The molecule has 3 nitrogen and oxygen atoms in total. The van der Waals surface area contributed by atoms with Gasteiger partial charge in [-0.05, 0) is 69.2 Å². The van der Waals surface area contributed by atoms with Crippen molar-refractivity contribution in [2.24, 2.45) is 5.92 Å². The molecule has 1 saturated heterocycles. The van der Waals surface area contributed by atoms with Crippen LogP contribution in [0.4, 0.5) is 0 Å². The van der Waals surface area contributed by atoms with E-state index in [1.165, 1.54) is 36.8 Å². The number of rotatable bonds is 6. The van der Waals surface area contributed by atoms with Gasteiger partial charge in [0.05, 0.1) is 5.92 Å². The van der Waals surface area contributed by atoms with Crippen molar-refractivity contribution in [1.82, 2.24) is 10.2 Å². The van der Waals surface area contributed by atoms with Gasteiger partial charge in [0.1, 0.15) is 0 Å². The van der Waals surface area contributed by atoms with E-state index in [2.05, 4.69) is 28.4 Å². The van der Waals surface area contributed by atoms with Gasteiger partial charge in [-0.15, -0.1) is 0 Å². The molecule has 1 aromatic carbocycles. The van der Waals surface area contributed by atoms with Crippen molar-refractivity contribution < 1.29 is 4.79 Å². The summed E-state index contributed by atoms with van der Waals surface area (Å²) in [6, 6.07) is 8.02. The summed E-state index contributed by atoms with van der Waals surface area (Å²) in [6.45, 7) is 3.61. The smallest absolute Gasteiger partial charge is 0.224 e. The zero-order chi connectivity index (χ0) is 17.5. The Bertz CT molecular complexity index is 596. The number of nitrogens with zero attached hydrogens (tertiary/aromatic N) is 1. The predicted octanol–water partition coefficient (Wildman–Crippen LogP) is 4.56. The fourth-order valence-corrected chi connectivity index (χ4v) is 4.01. The van der Waals surface area contributed by atoms with E-state index in [1.807, 2.05) is 12.1 Å². The van der Waals surface area contributed by atoms with Crippen LogP contribution in [0.15, 0.2) is 35.9 Å². The van der Waals surface area contributed by atoms with Crippen molar-refractivity contribution in [2.45, 2.75) is 51.5 Å². The van der Waals surface area contributed by atoms with Gasteiger partial charge in [-0.25, -0.2) is 0 Å². The summed E-state index contributed by atoms with van der Waals surface area (Å²) < 4.78 is 0. The van der Waals surface area contributed by atoms with Crippen LogP contribution in [-0.2, 0) is 11.3 Å². The molecule has 0 radical (unpaired) electrons. The number of halogens is 1. The lowest BCUT2D eigenvalue weighted by atomic mass is 9.95. The molecule has 0 saturated carbocycles. The van der Waals surface area contributed by atoms with E-state index in [0.717, 1.165) is 50.5 Å². The van der Waals surface area contributed by atoms with Gasteiger partial charge in [0.15, 0.2) is 0 Å². The summed E-state index contributed by atoms with van der Waals surface area (Å²) in [4.78, 5) is 14.9. The van der Waals surface area contributed by atoms with E-state index in [-0.39, 0.29) is 11.8 Å². The third-order valence-corrected chi connectivity index (χ3v) is 5.58. The Balaban J connectivity index is 1.43. The minimum Gasteiger partial charge on any atom is -0.356 e. The molecule has 0 aromatic heterocycles. The first kappa shape index (κ1) is 18.5. The van der Waals surface area contributed by atoms with Crippen LogP contribution in [0.5, 0.6) is 0 Å². The van der Waals surface area contributed by atoms with Crippen molar-refractivity contribution >= 4 is 17.5 Å². The van der Waals surface area contributed by atoms with Crippen molar-refractivity contribution in [1.29, 1.82) is 0 Å². The molecular formula is C21H29ClN2O. The van der Waals surface area contributed by atoms with Crippen LogP contribution in [0.2, 0.25) is 5.02 Å². The number of nitrogens with one attached hydrogen (secondary N) is 1. The number of carbonyl (C=O) groups excluding carboxylic acids is 1. The van der Waals surface area contributed by atoms with Crippen molar-refractivity contribution in [3.05, 3.63) is 46.5 Å². The number of piperidine rings is 1. The standard InChI is InChI=1S/C21H29ClN2O/c22-20-10-8-18(9-11-20)15-24-14-4-7-19(16-24)21(25)23-13-12-17-5-2-1-3-6-17/h5,8-11,19H,1-4,6-7,12-16H2,(H,23,25)/t19-/m0/s1. The molecule has 0 bridgehead atoms. The predicted molar refractivity (Wildman–Crippen MR) is 104 cm³/mol. The molecule has 4 heteroatoms. The van der Waals surface area contributed by atoms with Crippen molar-refractivity contribution in [3.63, 3.8) is 0 Å². The molecule has 1 amide bonds. The maximum absolute atomic E-state index is 12.5. The summed E-state index contributed by atoms with van der Waals surface area (Å²) in [5.41, 5.74) is 2.79. The molecule has 1 aliphatic heterocycles. The highest BCUT2D eigenvalue weighted by Gasteiger charge is 2.25. The molecule has 0 unspecified atom stereocenters. The zero-order valence-electron chi connectivity index (χ0n) is 15.0. The van der Waals surface area contributed by atoms with Crippen LogP contribution in [0.25, 0.3) is 0 Å².